The van der Waals surface area contributed by atoms with Crippen LogP contribution in [0.15, 0.2) is 18.2 Å². The van der Waals surface area contributed by atoms with Crippen LogP contribution in [0.4, 0.5) is 13.2 Å². The monoisotopic (exact) mass is 324 g/mol. The van der Waals surface area contributed by atoms with Gasteiger partial charge >= 0.3 is 6.61 Å². The Bertz CT molecular complexity index is 482. The summed E-state index contributed by atoms with van der Waals surface area (Å²) in [7, 11) is 0. The molecule has 1 atom stereocenters. The maximum Gasteiger partial charge on any atom is 0.387 e. The molecule has 1 aliphatic heterocycles. The van der Waals surface area contributed by atoms with Crippen molar-refractivity contribution in [3.05, 3.63) is 29.6 Å². The third kappa shape index (κ3) is 5.09. The van der Waals surface area contributed by atoms with Crippen molar-refractivity contribution in [3.8, 4) is 5.75 Å². The molecule has 8 heteroatoms. The van der Waals surface area contributed by atoms with Gasteiger partial charge in [0.15, 0.2) is 0 Å². The first-order chi connectivity index (χ1) is 9.56. The molecule has 1 heterocycles. The zero-order valence-electron chi connectivity index (χ0n) is 11.1. The minimum absolute atomic E-state index is 0. The van der Waals surface area contributed by atoms with Crippen molar-refractivity contribution < 1.29 is 22.7 Å². The van der Waals surface area contributed by atoms with Gasteiger partial charge in [-0.25, -0.2) is 4.39 Å². The van der Waals surface area contributed by atoms with Gasteiger partial charge in [0.2, 0.25) is 0 Å². The van der Waals surface area contributed by atoms with Gasteiger partial charge in [-0.1, -0.05) is 0 Å². The average molecular weight is 325 g/mol. The third-order valence-electron chi connectivity index (χ3n) is 3.04. The topological polar surface area (TPSA) is 50.4 Å². The number of nitrogens with one attached hydrogen (secondary N) is 2. The van der Waals surface area contributed by atoms with E-state index in [9.17, 15) is 18.0 Å². The van der Waals surface area contributed by atoms with E-state index in [0.717, 1.165) is 37.6 Å². The minimum atomic E-state index is -3.11. The Balaban J connectivity index is 0.00000220. The van der Waals surface area contributed by atoms with Gasteiger partial charge in [0.25, 0.3) is 5.91 Å². The van der Waals surface area contributed by atoms with Crippen molar-refractivity contribution in [2.75, 3.05) is 13.1 Å². The molecule has 1 aromatic rings. The number of carbonyl (C=O) groups is 1. The van der Waals surface area contributed by atoms with E-state index in [2.05, 4.69) is 15.4 Å². The molecule has 2 N–H and O–H groups in total. The summed E-state index contributed by atoms with van der Waals surface area (Å²) in [6.07, 6.45) is 1.74. The molecule has 1 unspecified atom stereocenters. The van der Waals surface area contributed by atoms with Crippen LogP contribution in [0.5, 0.6) is 5.75 Å². The van der Waals surface area contributed by atoms with Gasteiger partial charge in [0, 0.05) is 18.7 Å². The Labute approximate surface area is 126 Å². The number of alkyl halides is 2. The highest BCUT2D eigenvalue weighted by Gasteiger charge is 2.20. The molecule has 0 saturated carbocycles. The first-order valence-corrected chi connectivity index (χ1v) is 6.32. The average Bonchev–Trinajstić information content (AvgIpc) is 2.39. The van der Waals surface area contributed by atoms with Crippen LogP contribution in [0.25, 0.3) is 0 Å². The van der Waals surface area contributed by atoms with E-state index in [-0.39, 0.29) is 24.0 Å². The molecule has 118 valence electrons. The lowest BCUT2D eigenvalue weighted by molar-refractivity contribution is -0.0503. The smallest absolute Gasteiger partial charge is 0.387 e. The number of piperidine rings is 1. The second kappa shape index (κ2) is 8.09. The van der Waals surface area contributed by atoms with Gasteiger partial charge in [-0.3, -0.25) is 4.79 Å². The van der Waals surface area contributed by atoms with E-state index in [1.54, 1.807) is 0 Å². The largest absolute Gasteiger partial charge is 0.434 e. The third-order valence-corrected chi connectivity index (χ3v) is 3.04. The summed E-state index contributed by atoms with van der Waals surface area (Å²) in [6, 6.07) is 2.88. The highest BCUT2D eigenvalue weighted by molar-refractivity contribution is 5.97. The molecular formula is C13H16ClF3N2O2. The van der Waals surface area contributed by atoms with Crippen molar-refractivity contribution in [1.29, 1.82) is 0 Å². The van der Waals surface area contributed by atoms with Crippen LogP contribution < -0.4 is 15.4 Å². The molecule has 4 nitrogen and oxygen atoms in total. The van der Waals surface area contributed by atoms with Crippen molar-refractivity contribution in [2.24, 2.45) is 0 Å². The summed E-state index contributed by atoms with van der Waals surface area (Å²) in [6.45, 7) is -1.60. The Kier molecular flexibility index (Phi) is 6.77. The summed E-state index contributed by atoms with van der Waals surface area (Å²) in [5.41, 5.74) is -0.0997. The Morgan fingerprint density at radius 1 is 1.43 bits per heavy atom. The van der Waals surface area contributed by atoms with E-state index in [1.807, 2.05) is 0 Å². The van der Waals surface area contributed by atoms with Gasteiger partial charge < -0.3 is 15.4 Å². The van der Waals surface area contributed by atoms with Crippen molar-refractivity contribution in [3.63, 3.8) is 0 Å². The summed E-state index contributed by atoms with van der Waals surface area (Å²) in [5, 5.41) is 5.84. The molecule has 1 fully saturated rings. The van der Waals surface area contributed by atoms with Crippen molar-refractivity contribution in [1.82, 2.24) is 10.6 Å². The lowest BCUT2D eigenvalue weighted by atomic mass is 10.1. The highest BCUT2D eigenvalue weighted by atomic mass is 35.5. The molecule has 0 aliphatic carbocycles. The Hall–Kier alpha value is -1.47. The number of hydrogen-bond acceptors (Lipinski definition) is 3. The molecule has 0 aromatic heterocycles. The zero-order valence-corrected chi connectivity index (χ0v) is 11.9. The van der Waals surface area contributed by atoms with Crippen LogP contribution in [0.3, 0.4) is 0 Å². The molecule has 0 radical (unpaired) electrons. The van der Waals surface area contributed by atoms with E-state index >= 15 is 0 Å². The molecule has 1 aromatic carbocycles. The molecule has 1 amide bonds. The quantitative estimate of drug-likeness (QED) is 0.894. The molecular weight excluding hydrogens is 309 g/mol. The lowest BCUT2D eigenvalue weighted by Crippen LogP contribution is -2.45. The van der Waals surface area contributed by atoms with Crippen molar-refractivity contribution in [2.45, 2.75) is 25.5 Å². The van der Waals surface area contributed by atoms with Gasteiger partial charge in [-0.15, -0.1) is 12.4 Å². The summed E-state index contributed by atoms with van der Waals surface area (Å²) in [4.78, 5) is 12.0. The van der Waals surface area contributed by atoms with Crippen LogP contribution >= 0.6 is 12.4 Å². The number of carbonyl (C=O) groups excluding carboxylic acids is 1. The molecule has 21 heavy (non-hydrogen) atoms. The van der Waals surface area contributed by atoms with E-state index in [0.29, 0.717) is 6.54 Å². The van der Waals surface area contributed by atoms with E-state index < -0.39 is 24.1 Å². The second-order valence-corrected chi connectivity index (χ2v) is 4.54. The number of ether oxygens (including phenoxy) is 1. The molecule has 0 bridgehead atoms. The number of rotatable bonds is 4. The predicted molar refractivity (Wildman–Crippen MR) is 73.6 cm³/mol. The van der Waals surface area contributed by atoms with Crippen LogP contribution in [0.1, 0.15) is 23.2 Å². The first-order valence-electron chi connectivity index (χ1n) is 6.32. The first kappa shape index (κ1) is 17.6. The number of hydrogen-bond donors (Lipinski definition) is 2. The summed E-state index contributed by atoms with van der Waals surface area (Å²) >= 11 is 0. The minimum Gasteiger partial charge on any atom is -0.434 e. The second-order valence-electron chi connectivity index (χ2n) is 4.54. The lowest BCUT2D eigenvalue weighted by Gasteiger charge is -2.24. The maximum atomic E-state index is 13.1. The fourth-order valence-electron chi connectivity index (χ4n) is 2.12. The van der Waals surface area contributed by atoms with Gasteiger partial charge in [-0.2, -0.15) is 8.78 Å². The highest BCUT2D eigenvalue weighted by Crippen LogP contribution is 2.22. The zero-order chi connectivity index (χ0) is 14.5. The molecule has 1 aliphatic rings. The van der Waals surface area contributed by atoms with E-state index in [1.165, 1.54) is 0 Å². The normalized spacial score (nSPS) is 18.0. The Morgan fingerprint density at radius 3 is 2.81 bits per heavy atom. The van der Waals surface area contributed by atoms with Crippen LogP contribution in [-0.4, -0.2) is 31.7 Å². The maximum absolute atomic E-state index is 13.1. The molecule has 0 spiro atoms. The summed E-state index contributed by atoms with van der Waals surface area (Å²) in [5.74, 6) is -1.74. The van der Waals surface area contributed by atoms with Crippen LogP contribution in [-0.2, 0) is 0 Å². The summed E-state index contributed by atoms with van der Waals surface area (Å²) < 4.78 is 41.8. The number of benzene rings is 1. The van der Waals surface area contributed by atoms with Gasteiger partial charge in [-0.05, 0) is 31.5 Å². The fourth-order valence-corrected chi connectivity index (χ4v) is 2.12. The molecule has 2 rings (SSSR count). The van der Waals surface area contributed by atoms with Crippen LogP contribution in [0, 0.1) is 5.82 Å². The van der Waals surface area contributed by atoms with Gasteiger partial charge in [0.05, 0.1) is 5.56 Å². The fraction of sp³-hybridized carbons (Fsp3) is 0.462. The Morgan fingerprint density at radius 2 is 2.19 bits per heavy atom. The predicted octanol–water partition coefficient (Wildman–Crippen LogP) is 2.33. The van der Waals surface area contributed by atoms with Crippen molar-refractivity contribution >= 4 is 18.3 Å². The SMILES string of the molecule is Cl.O=C(NC1CCCNC1)c1ccc(F)cc1OC(F)F. The number of amides is 1. The standard InChI is InChI=1S/C13H15F3N2O2.ClH/c14-8-3-4-10(11(6-8)20-13(15)16)12(19)18-9-2-1-5-17-7-9;/h3-4,6,9,13,17H,1-2,5,7H2,(H,18,19);1H. The van der Waals surface area contributed by atoms with Crippen LogP contribution in [0.2, 0.25) is 0 Å². The number of halogens is 4. The van der Waals surface area contributed by atoms with E-state index in [4.69, 9.17) is 0 Å². The van der Waals surface area contributed by atoms with Gasteiger partial charge in [0.1, 0.15) is 11.6 Å². The molecule has 1 saturated heterocycles.